The lowest BCUT2D eigenvalue weighted by molar-refractivity contribution is -0.140. The lowest BCUT2D eigenvalue weighted by atomic mass is 10.2. The van der Waals surface area contributed by atoms with E-state index in [2.05, 4.69) is 9.46 Å². The summed E-state index contributed by atoms with van der Waals surface area (Å²) in [4.78, 5) is 11.0. The van der Waals surface area contributed by atoms with Crippen molar-refractivity contribution >= 4 is 21.9 Å². The number of halogens is 1. The van der Waals surface area contributed by atoms with Gasteiger partial charge in [-0.2, -0.15) is 12.7 Å². The first-order chi connectivity index (χ1) is 9.27. The molecule has 0 aliphatic carbocycles. The van der Waals surface area contributed by atoms with Crippen molar-refractivity contribution in [2.75, 3.05) is 25.4 Å². The zero-order valence-electron chi connectivity index (χ0n) is 11.5. The van der Waals surface area contributed by atoms with E-state index in [1.165, 1.54) is 26.3 Å². The molecule has 0 fully saturated rings. The minimum Gasteiger partial charge on any atom is -0.469 e. The number of hydrogen-bond donors (Lipinski definition) is 1. The molecular weight excluding hydrogens is 287 g/mol. The quantitative estimate of drug-likeness (QED) is 0.803. The topological polar surface area (TPSA) is 75.7 Å². The Labute approximate surface area is 117 Å². The highest BCUT2D eigenvalue weighted by molar-refractivity contribution is 7.90. The fourth-order valence-electron chi connectivity index (χ4n) is 1.44. The zero-order chi connectivity index (χ0) is 15.3. The molecule has 1 N–H and O–H groups in total. The number of para-hydroxylation sites is 1. The second-order valence-electron chi connectivity index (χ2n) is 4.19. The lowest BCUT2D eigenvalue weighted by Gasteiger charge is -2.19. The molecule has 0 heterocycles. The van der Waals surface area contributed by atoms with E-state index in [0.717, 1.165) is 4.31 Å². The van der Waals surface area contributed by atoms with Gasteiger partial charge < -0.3 is 4.74 Å². The smallest absolute Gasteiger partial charge is 0.306 e. The number of anilines is 1. The minimum atomic E-state index is -3.93. The molecule has 6 nitrogen and oxygen atoms in total. The maximum absolute atomic E-state index is 13.6. The molecular formula is C12H17FN2O4S. The summed E-state index contributed by atoms with van der Waals surface area (Å²) in [6.45, 7) is 1.53. The van der Waals surface area contributed by atoms with E-state index < -0.39 is 22.0 Å². The number of hydrogen-bond acceptors (Lipinski definition) is 4. The highest BCUT2D eigenvalue weighted by atomic mass is 32.2. The molecule has 0 atom stereocenters. The Hall–Kier alpha value is -1.67. The normalized spacial score (nSPS) is 11.4. The molecule has 0 amide bonds. The van der Waals surface area contributed by atoms with Crippen molar-refractivity contribution in [3.05, 3.63) is 29.6 Å². The number of carbonyl (C=O) groups excluding carboxylic acids is 1. The fourth-order valence-corrected chi connectivity index (χ4v) is 2.44. The zero-order valence-corrected chi connectivity index (χ0v) is 12.3. The first kappa shape index (κ1) is 16.4. The predicted molar refractivity (Wildman–Crippen MR) is 72.9 cm³/mol. The van der Waals surface area contributed by atoms with Crippen LogP contribution in [-0.4, -0.2) is 39.4 Å². The second-order valence-corrected chi connectivity index (χ2v) is 5.96. The molecule has 1 rings (SSSR count). The Bertz CT molecular complexity index is 569. The van der Waals surface area contributed by atoms with Gasteiger partial charge in [-0.15, -0.1) is 0 Å². The van der Waals surface area contributed by atoms with Gasteiger partial charge in [-0.1, -0.05) is 12.1 Å². The molecule has 0 aliphatic rings. The molecule has 1 aromatic rings. The van der Waals surface area contributed by atoms with Gasteiger partial charge in [-0.05, 0) is 18.6 Å². The van der Waals surface area contributed by atoms with Crippen molar-refractivity contribution in [3.8, 4) is 0 Å². The third kappa shape index (κ3) is 4.17. The number of methoxy groups -OCH3 is 1. The van der Waals surface area contributed by atoms with Crippen molar-refractivity contribution in [3.63, 3.8) is 0 Å². The van der Waals surface area contributed by atoms with Crippen LogP contribution in [-0.2, 0) is 19.7 Å². The third-order valence-electron chi connectivity index (χ3n) is 2.72. The molecule has 0 aliphatic heterocycles. The van der Waals surface area contributed by atoms with Gasteiger partial charge in [0.2, 0.25) is 0 Å². The van der Waals surface area contributed by atoms with E-state index in [0.29, 0.717) is 5.56 Å². The first-order valence-corrected chi connectivity index (χ1v) is 7.28. The summed E-state index contributed by atoms with van der Waals surface area (Å²) < 4.78 is 45.1. The predicted octanol–water partition coefficient (Wildman–Crippen LogP) is 1.29. The van der Waals surface area contributed by atoms with Gasteiger partial charge >= 0.3 is 16.2 Å². The van der Waals surface area contributed by atoms with E-state index in [9.17, 15) is 17.6 Å². The molecule has 0 spiro atoms. The number of rotatable bonds is 6. The first-order valence-electron chi connectivity index (χ1n) is 5.84. The molecule has 1 aromatic carbocycles. The summed E-state index contributed by atoms with van der Waals surface area (Å²) in [7, 11) is -1.41. The minimum absolute atomic E-state index is 0.0600. The molecule has 20 heavy (non-hydrogen) atoms. The summed E-state index contributed by atoms with van der Waals surface area (Å²) >= 11 is 0. The number of ether oxygens (including phenoxy) is 1. The van der Waals surface area contributed by atoms with E-state index in [1.54, 1.807) is 13.0 Å². The van der Waals surface area contributed by atoms with Crippen molar-refractivity contribution in [1.29, 1.82) is 0 Å². The SMILES string of the molecule is COC(=O)CCN(C)S(=O)(=O)Nc1c(C)cccc1F. The van der Waals surface area contributed by atoms with Crippen LogP contribution in [0, 0.1) is 12.7 Å². The molecule has 0 saturated heterocycles. The van der Waals surface area contributed by atoms with Gasteiger partial charge in [0.15, 0.2) is 0 Å². The number of nitrogens with one attached hydrogen (secondary N) is 1. The van der Waals surface area contributed by atoms with Crippen LogP contribution in [0.4, 0.5) is 10.1 Å². The second kappa shape index (κ2) is 6.67. The fraction of sp³-hybridized carbons (Fsp3) is 0.417. The number of esters is 1. The van der Waals surface area contributed by atoms with Gasteiger partial charge in [0, 0.05) is 13.6 Å². The van der Waals surface area contributed by atoms with Crippen LogP contribution >= 0.6 is 0 Å². The van der Waals surface area contributed by atoms with Crippen LogP contribution in [0.25, 0.3) is 0 Å². The molecule has 0 aromatic heterocycles. The van der Waals surface area contributed by atoms with Gasteiger partial charge in [0.25, 0.3) is 0 Å². The maximum Gasteiger partial charge on any atom is 0.306 e. The summed E-state index contributed by atoms with van der Waals surface area (Å²) in [5.41, 5.74) is 0.368. The van der Waals surface area contributed by atoms with Crippen LogP contribution in [0.1, 0.15) is 12.0 Å². The molecule has 112 valence electrons. The summed E-state index contributed by atoms with van der Waals surface area (Å²) in [6.07, 6.45) is -0.0792. The Balaban J connectivity index is 2.82. The standard InChI is InChI=1S/C12H17FN2O4S/c1-9-5-4-6-10(13)12(9)14-20(17,18)15(2)8-7-11(16)19-3/h4-6,14H,7-8H2,1-3H3. The summed E-state index contributed by atoms with van der Waals surface area (Å²) in [5, 5.41) is 0. The summed E-state index contributed by atoms with van der Waals surface area (Å²) in [6, 6.07) is 4.25. The molecule has 8 heteroatoms. The molecule has 0 unspecified atom stereocenters. The average Bonchev–Trinajstić information content (AvgIpc) is 2.39. The van der Waals surface area contributed by atoms with E-state index in [-0.39, 0.29) is 18.7 Å². The highest BCUT2D eigenvalue weighted by Gasteiger charge is 2.21. The average molecular weight is 304 g/mol. The molecule has 0 saturated carbocycles. The Kier molecular flexibility index (Phi) is 5.46. The van der Waals surface area contributed by atoms with Crippen molar-refractivity contribution < 1.29 is 22.3 Å². The number of benzene rings is 1. The summed E-state index contributed by atoms with van der Waals surface area (Å²) in [5.74, 6) is -1.18. The lowest BCUT2D eigenvalue weighted by Crippen LogP contribution is -2.34. The Morgan fingerprint density at radius 2 is 2.10 bits per heavy atom. The highest BCUT2D eigenvalue weighted by Crippen LogP contribution is 2.20. The molecule has 0 radical (unpaired) electrons. The largest absolute Gasteiger partial charge is 0.469 e. The number of nitrogens with zero attached hydrogens (tertiary/aromatic N) is 1. The van der Waals surface area contributed by atoms with Crippen molar-refractivity contribution in [2.45, 2.75) is 13.3 Å². The van der Waals surface area contributed by atoms with Crippen LogP contribution in [0.5, 0.6) is 0 Å². The van der Waals surface area contributed by atoms with Crippen LogP contribution in [0.2, 0.25) is 0 Å². The van der Waals surface area contributed by atoms with Crippen molar-refractivity contribution in [1.82, 2.24) is 4.31 Å². The van der Waals surface area contributed by atoms with Gasteiger partial charge in [-0.25, -0.2) is 4.39 Å². The Morgan fingerprint density at radius 1 is 1.45 bits per heavy atom. The van der Waals surface area contributed by atoms with E-state index in [4.69, 9.17) is 0 Å². The van der Waals surface area contributed by atoms with Crippen LogP contribution in [0.3, 0.4) is 0 Å². The number of carbonyl (C=O) groups is 1. The monoisotopic (exact) mass is 304 g/mol. The number of aryl methyl sites for hydroxylation is 1. The van der Waals surface area contributed by atoms with E-state index >= 15 is 0 Å². The van der Waals surface area contributed by atoms with Crippen LogP contribution in [0.15, 0.2) is 18.2 Å². The van der Waals surface area contributed by atoms with Gasteiger partial charge in [0.1, 0.15) is 5.82 Å². The van der Waals surface area contributed by atoms with Crippen molar-refractivity contribution in [2.24, 2.45) is 0 Å². The van der Waals surface area contributed by atoms with Gasteiger partial charge in [-0.3, -0.25) is 9.52 Å². The third-order valence-corrected chi connectivity index (χ3v) is 4.19. The Morgan fingerprint density at radius 3 is 2.65 bits per heavy atom. The molecule has 0 bridgehead atoms. The van der Waals surface area contributed by atoms with Gasteiger partial charge in [0.05, 0.1) is 19.2 Å². The maximum atomic E-state index is 13.6. The van der Waals surface area contributed by atoms with E-state index in [1.807, 2.05) is 0 Å². The van der Waals surface area contributed by atoms with Crippen LogP contribution < -0.4 is 4.72 Å².